The van der Waals surface area contributed by atoms with Crippen molar-refractivity contribution in [1.29, 1.82) is 0 Å². The maximum atomic E-state index is 5.08. The number of rotatable bonds is 2. The van der Waals surface area contributed by atoms with Gasteiger partial charge in [0.2, 0.25) is 0 Å². The molecule has 2 heteroatoms. The minimum atomic E-state index is 0. The van der Waals surface area contributed by atoms with Gasteiger partial charge in [-0.05, 0) is 13.0 Å². The number of nitrogens with two attached hydrogens (primary N) is 1. The van der Waals surface area contributed by atoms with Gasteiger partial charge in [0, 0.05) is 0 Å². The molecule has 0 aromatic carbocycles. The highest BCUT2D eigenvalue weighted by Crippen LogP contribution is 1.74. The van der Waals surface area contributed by atoms with Crippen LogP contribution in [0.5, 0.6) is 0 Å². The zero-order valence-corrected chi connectivity index (χ0v) is 4.79. The smallest absolute Gasteiger partial charge is 0.00458 e. The molecule has 0 unspecified atom stereocenters. The van der Waals surface area contributed by atoms with Crippen LogP contribution in [-0.2, 0) is 0 Å². The number of hydrogen-bond acceptors (Lipinski definition) is 1. The highest BCUT2D eigenvalue weighted by molar-refractivity contribution is 5.85. The predicted molar refractivity (Wildman–Crippen MR) is 30.9 cm³/mol. The van der Waals surface area contributed by atoms with Crippen LogP contribution in [0.15, 0.2) is 0 Å². The summed E-state index contributed by atoms with van der Waals surface area (Å²) >= 11 is 0. The Morgan fingerprint density at radius 1 is 1.67 bits per heavy atom. The Bertz CT molecular complexity index is 15.0. The lowest BCUT2D eigenvalue weighted by molar-refractivity contribution is 1.00. The van der Waals surface area contributed by atoms with E-state index >= 15 is 0 Å². The van der Waals surface area contributed by atoms with Crippen molar-refractivity contribution in [3.63, 3.8) is 0 Å². The molecule has 1 radical (unpaired) electrons. The van der Waals surface area contributed by atoms with Crippen LogP contribution < -0.4 is 5.73 Å². The fraction of sp³-hybridized carbons (Fsp3) is 0.750. The highest BCUT2D eigenvalue weighted by Gasteiger charge is 1.68. The van der Waals surface area contributed by atoms with Crippen molar-refractivity contribution >= 4 is 12.4 Å². The van der Waals surface area contributed by atoms with Crippen LogP contribution in [0.3, 0.4) is 0 Å². The van der Waals surface area contributed by atoms with Gasteiger partial charge in [-0.25, -0.2) is 0 Å². The summed E-state index contributed by atoms with van der Waals surface area (Å²) in [7, 11) is 0. The molecule has 0 aromatic rings. The molecule has 0 amide bonds. The van der Waals surface area contributed by atoms with E-state index in [1.165, 1.54) is 0 Å². The van der Waals surface area contributed by atoms with E-state index < -0.39 is 0 Å². The summed E-state index contributed by atoms with van der Waals surface area (Å²) < 4.78 is 0. The fourth-order valence-electron chi connectivity index (χ4n) is 0.167. The van der Waals surface area contributed by atoms with Crippen LogP contribution in [-0.4, -0.2) is 6.54 Å². The third-order valence-corrected chi connectivity index (χ3v) is 0.455. The maximum Gasteiger partial charge on any atom is -0.00458 e. The molecule has 0 bridgehead atoms. The van der Waals surface area contributed by atoms with Gasteiger partial charge in [-0.15, -0.1) is 12.4 Å². The van der Waals surface area contributed by atoms with E-state index in [0.717, 1.165) is 13.0 Å². The van der Waals surface area contributed by atoms with Crippen LogP contribution in [0.25, 0.3) is 0 Å². The SMILES string of the molecule is CC[CH]CN.Cl. The normalized spacial score (nSPS) is 7.00. The predicted octanol–water partition coefficient (Wildman–Crippen LogP) is 0.981. The molecule has 0 aliphatic carbocycles. The lowest BCUT2D eigenvalue weighted by Crippen LogP contribution is -1.96. The summed E-state index contributed by atoms with van der Waals surface area (Å²) in [6.45, 7) is 2.80. The van der Waals surface area contributed by atoms with Gasteiger partial charge in [-0.2, -0.15) is 0 Å². The van der Waals surface area contributed by atoms with Gasteiger partial charge in [0.1, 0.15) is 0 Å². The Kier molecular flexibility index (Phi) is 14.3. The molecule has 0 aromatic heterocycles. The second kappa shape index (κ2) is 8.98. The molecule has 0 atom stereocenters. The molecule has 0 saturated heterocycles. The molecule has 2 N–H and O–H groups in total. The molecule has 0 spiro atoms. The standard InChI is InChI=1S/C4H10N.ClH/c1-2-3-4-5;/h3H,2,4-5H2,1H3;1H. The molecule has 1 nitrogen and oxygen atoms in total. The van der Waals surface area contributed by atoms with Crippen molar-refractivity contribution in [2.75, 3.05) is 6.54 Å². The van der Waals surface area contributed by atoms with E-state index in [1.54, 1.807) is 0 Å². The third-order valence-electron chi connectivity index (χ3n) is 0.455. The highest BCUT2D eigenvalue weighted by atomic mass is 35.5. The summed E-state index contributed by atoms with van der Waals surface area (Å²) in [6.07, 6.45) is 3.12. The largest absolute Gasteiger partial charge is 0.330 e. The number of hydrogen-bond donors (Lipinski definition) is 1. The molecule has 39 valence electrons. The molecule has 0 rings (SSSR count). The Balaban J connectivity index is 0. The summed E-state index contributed by atoms with van der Waals surface area (Å²) in [5.74, 6) is 0. The molecule has 0 saturated carbocycles. The van der Waals surface area contributed by atoms with E-state index in [1.807, 2.05) is 6.42 Å². The third kappa shape index (κ3) is 8.87. The first kappa shape index (κ1) is 9.54. The number of unbranched alkanes of at least 4 members (excludes halogenated alkanes) is 1. The first-order chi connectivity index (χ1) is 2.41. The Morgan fingerprint density at radius 3 is 2.17 bits per heavy atom. The molecule has 0 heterocycles. The fourth-order valence-corrected chi connectivity index (χ4v) is 0.167. The van der Waals surface area contributed by atoms with Gasteiger partial charge in [-0.3, -0.25) is 0 Å². The van der Waals surface area contributed by atoms with Gasteiger partial charge in [0.15, 0.2) is 0 Å². The van der Waals surface area contributed by atoms with E-state index in [0.29, 0.717) is 0 Å². The summed E-state index contributed by atoms with van der Waals surface area (Å²) in [4.78, 5) is 0. The minimum absolute atomic E-state index is 0. The Labute approximate surface area is 45.3 Å². The lowest BCUT2D eigenvalue weighted by Gasteiger charge is -1.79. The van der Waals surface area contributed by atoms with Crippen LogP contribution in [0.4, 0.5) is 0 Å². The van der Waals surface area contributed by atoms with Gasteiger partial charge < -0.3 is 5.73 Å². The van der Waals surface area contributed by atoms with Gasteiger partial charge >= 0.3 is 0 Å². The molecule has 0 aliphatic rings. The molecule has 0 fully saturated rings. The van der Waals surface area contributed by atoms with Crippen LogP contribution >= 0.6 is 12.4 Å². The Morgan fingerprint density at radius 2 is 2.17 bits per heavy atom. The number of halogens is 1. The summed E-state index contributed by atoms with van der Waals surface area (Å²) in [5.41, 5.74) is 5.08. The van der Waals surface area contributed by atoms with Crippen molar-refractivity contribution < 1.29 is 0 Å². The topological polar surface area (TPSA) is 26.0 Å². The molecule has 6 heavy (non-hydrogen) atoms. The first-order valence-corrected chi connectivity index (χ1v) is 1.93. The van der Waals surface area contributed by atoms with Crippen molar-refractivity contribution in [2.45, 2.75) is 13.3 Å². The van der Waals surface area contributed by atoms with Crippen molar-refractivity contribution in [1.82, 2.24) is 0 Å². The zero-order valence-electron chi connectivity index (χ0n) is 3.98. The minimum Gasteiger partial charge on any atom is -0.330 e. The second-order valence-corrected chi connectivity index (χ2v) is 0.933. The van der Waals surface area contributed by atoms with Crippen molar-refractivity contribution in [3.05, 3.63) is 6.42 Å². The van der Waals surface area contributed by atoms with E-state index in [2.05, 4.69) is 6.92 Å². The molecular formula is C4H11ClN. The second-order valence-electron chi connectivity index (χ2n) is 0.933. The zero-order chi connectivity index (χ0) is 4.12. The van der Waals surface area contributed by atoms with Crippen LogP contribution in [0.1, 0.15) is 13.3 Å². The van der Waals surface area contributed by atoms with Gasteiger partial charge in [0.25, 0.3) is 0 Å². The molecule has 0 aliphatic heterocycles. The summed E-state index contributed by atoms with van der Waals surface area (Å²) in [5, 5.41) is 0. The van der Waals surface area contributed by atoms with Gasteiger partial charge in [0.05, 0.1) is 0 Å². The van der Waals surface area contributed by atoms with E-state index in [-0.39, 0.29) is 12.4 Å². The Hall–Kier alpha value is 0.250. The van der Waals surface area contributed by atoms with E-state index in [4.69, 9.17) is 5.73 Å². The quantitative estimate of drug-likeness (QED) is 0.561. The average Bonchev–Trinajstić information content (AvgIpc) is 1.41. The van der Waals surface area contributed by atoms with Gasteiger partial charge in [-0.1, -0.05) is 13.3 Å². The average molecular weight is 109 g/mol. The maximum absolute atomic E-state index is 5.08. The lowest BCUT2D eigenvalue weighted by atomic mass is 10.3. The van der Waals surface area contributed by atoms with Crippen LogP contribution in [0.2, 0.25) is 0 Å². The van der Waals surface area contributed by atoms with Crippen molar-refractivity contribution in [3.8, 4) is 0 Å². The molecular weight excluding hydrogens is 97.5 g/mol. The van der Waals surface area contributed by atoms with E-state index in [9.17, 15) is 0 Å². The summed E-state index contributed by atoms with van der Waals surface area (Å²) in [6, 6.07) is 0. The van der Waals surface area contributed by atoms with Crippen LogP contribution in [0, 0.1) is 6.42 Å². The monoisotopic (exact) mass is 108 g/mol. The first-order valence-electron chi connectivity index (χ1n) is 1.93. The van der Waals surface area contributed by atoms with Crippen molar-refractivity contribution in [2.24, 2.45) is 5.73 Å².